The van der Waals surface area contributed by atoms with Crippen molar-refractivity contribution < 1.29 is 0 Å². The molecule has 1 nitrogen and oxygen atoms in total. The van der Waals surface area contributed by atoms with Gasteiger partial charge in [0.15, 0.2) is 0 Å². The first-order valence-electron chi connectivity index (χ1n) is 3.94. The van der Waals surface area contributed by atoms with Crippen LogP contribution < -0.4 is 0 Å². The van der Waals surface area contributed by atoms with E-state index in [1.165, 1.54) is 16.5 Å². The van der Waals surface area contributed by atoms with E-state index in [1.54, 1.807) is 0 Å². The molecule has 0 amide bonds. The number of fused-ring (bicyclic) bond motifs is 1. The molecule has 62 valence electrons. The van der Waals surface area contributed by atoms with Gasteiger partial charge < -0.3 is 4.57 Å². The van der Waals surface area contributed by atoms with Crippen LogP contribution in [0.3, 0.4) is 0 Å². The van der Waals surface area contributed by atoms with Gasteiger partial charge in [0.05, 0.1) is 0 Å². The Hall–Kier alpha value is -0.890. The molecule has 2 aromatic rings. The Morgan fingerprint density at radius 3 is 2.75 bits per heavy atom. The average Bonchev–Trinajstić information content (AvgIpc) is 2.29. The summed E-state index contributed by atoms with van der Waals surface area (Å²) in [5.41, 5.74) is 2.54. The van der Waals surface area contributed by atoms with E-state index in [9.17, 15) is 0 Å². The molecule has 2 rings (SSSR count). The van der Waals surface area contributed by atoms with Gasteiger partial charge in [0, 0.05) is 29.0 Å². The molecule has 0 aliphatic rings. The largest absolute Gasteiger partial charge is 0.349 e. The maximum atomic E-state index is 4.42. The molecule has 0 bridgehead atoms. The van der Waals surface area contributed by atoms with E-state index in [2.05, 4.69) is 42.3 Å². The van der Waals surface area contributed by atoms with E-state index in [0.717, 1.165) is 4.90 Å². The Labute approximate surface area is 77.4 Å². The molecule has 0 saturated heterocycles. The average molecular weight is 177 g/mol. The molecule has 0 atom stereocenters. The zero-order valence-electron chi connectivity index (χ0n) is 7.20. The van der Waals surface area contributed by atoms with Gasteiger partial charge in [0.2, 0.25) is 0 Å². The topological polar surface area (TPSA) is 4.93 Å². The molecule has 0 unspecified atom stereocenters. The van der Waals surface area contributed by atoms with Gasteiger partial charge in [-0.25, -0.2) is 0 Å². The summed E-state index contributed by atoms with van der Waals surface area (Å²) in [5, 5.41) is 1.27. The Kier molecular flexibility index (Phi) is 1.65. The summed E-state index contributed by atoms with van der Waals surface area (Å²) in [7, 11) is 2.04. The molecule has 0 spiro atoms. The molecule has 0 radical (unpaired) electrons. The number of nitrogens with zero attached hydrogens (tertiary/aromatic N) is 1. The smallest absolute Gasteiger partial charge is 0.0491 e. The van der Waals surface area contributed by atoms with Crippen molar-refractivity contribution in [1.82, 2.24) is 4.57 Å². The maximum absolute atomic E-state index is 4.42. The van der Waals surface area contributed by atoms with E-state index in [0.29, 0.717) is 0 Å². The third-order valence-electron chi connectivity index (χ3n) is 2.20. The summed E-state index contributed by atoms with van der Waals surface area (Å²) >= 11 is 4.42. The van der Waals surface area contributed by atoms with Gasteiger partial charge in [0.1, 0.15) is 0 Å². The zero-order valence-corrected chi connectivity index (χ0v) is 8.10. The van der Waals surface area contributed by atoms with E-state index >= 15 is 0 Å². The summed E-state index contributed by atoms with van der Waals surface area (Å²) in [6.45, 7) is 2.11. The lowest BCUT2D eigenvalue weighted by Crippen LogP contribution is -1.83. The Balaban J connectivity index is 2.99. The van der Waals surface area contributed by atoms with Gasteiger partial charge in [-0.1, -0.05) is 12.1 Å². The fourth-order valence-electron chi connectivity index (χ4n) is 1.60. The Morgan fingerprint density at radius 1 is 1.33 bits per heavy atom. The molecule has 0 N–H and O–H groups in total. The molecule has 1 heterocycles. The first-order chi connectivity index (χ1) is 5.70. The summed E-state index contributed by atoms with van der Waals surface area (Å²) in [6.07, 6.45) is 2.04. The van der Waals surface area contributed by atoms with Gasteiger partial charge in [-0.15, -0.1) is 12.6 Å². The molecule has 1 aromatic carbocycles. The minimum absolute atomic E-state index is 1.06. The fraction of sp³-hybridized carbons (Fsp3) is 0.200. The van der Waals surface area contributed by atoms with Crippen LogP contribution in [-0.4, -0.2) is 4.57 Å². The van der Waals surface area contributed by atoms with Crippen molar-refractivity contribution >= 4 is 23.5 Å². The van der Waals surface area contributed by atoms with Crippen LogP contribution in [0.15, 0.2) is 29.3 Å². The second-order valence-corrected chi connectivity index (χ2v) is 3.58. The van der Waals surface area contributed by atoms with E-state index in [1.807, 2.05) is 13.2 Å². The lowest BCUT2D eigenvalue weighted by molar-refractivity contribution is 0.958. The van der Waals surface area contributed by atoms with Crippen LogP contribution in [0.4, 0.5) is 0 Å². The molecular formula is C10H11NS. The Morgan fingerprint density at radius 2 is 2.08 bits per heavy atom. The second-order valence-electron chi connectivity index (χ2n) is 3.09. The highest BCUT2D eigenvalue weighted by Gasteiger charge is 2.04. The van der Waals surface area contributed by atoms with Gasteiger partial charge in [-0.05, 0) is 18.6 Å². The lowest BCUT2D eigenvalue weighted by atomic mass is 10.1. The number of benzene rings is 1. The quantitative estimate of drug-likeness (QED) is 0.590. The minimum atomic E-state index is 1.06. The number of hydrogen-bond donors (Lipinski definition) is 1. The van der Waals surface area contributed by atoms with Crippen molar-refractivity contribution in [2.45, 2.75) is 11.8 Å². The first-order valence-corrected chi connectivity index (χ1v) is 4.38. The van der Waals surface area contributed by atoms with E-state index in [-0.39, 0.29) is 0 Å². The van der Waals surface area contributed by atoms with Crippen LogP contribution >= 0.6 is 12.6 Å². The summed E-state index contributed by atoms with van der Waals surface area (Å²) in [6, 6.07) is 6.30. The zero-order chi connectivity index (χ0) is 8.72. The molecule has 2 heteroatoms. The fourth-order valence-corrected chi connectivity index (χ4v) is 2.06. The van der Waals surface area contributed by atoms with Crippen LogP contribution in [0, 0.1) is 6.92 Å². The van der Waals surface area contributed by atoms with Gasteiger partial charge in [-0.2, -0.15) is 0 Å². The summed E-state index contributed by atoms with van der Waals surface area (Å²) in [5.74, 6) is 0. The lowest BCUT2D eigenvalue weighted by Gasteiger charge is -1.97. The molecule has 1 aromatic heterocycles. The highest BCUT2D eigenvalue weighted by molar-refractivity contribution is 7.80. The van der Waals surface area contributed by atoms with Crippen molar-refractivity contribution in [2.24, 2.45) is 7.05 Å². The van der Waals surface area contributed by atoms with Crippen molar-refractivity contribution in [2.75, 3.05) is 0 Å². The normalized spacial score (nSPS) is 10.9. The highest BCUT2D eigenvalue weighted by atomic mass is 32.1. The molecule has 12 heavy (non-hydrogen) atoms. The Bertz CT molecular complexity index is 429. The number of aromatic nitrogens is 1. The molecule has 0 fully saturated rings. The molecular weight excluding hydrogens is 166 g/mol. The van der Waals surface area contributed by atoms with Crippen molar-refractivity contribution in [1.29, 1.82) is 0 Å². The van der Waals surface area contributed by atoms with Crippen LogP contribution in [0.2, 0.25) is 0 Å². The molecule has 0 saturated carbocycles. The van der Waals surface area contributed by atoms with Gasteiger partial charge in [-0.3, -0.25) is 0 Å². The van der Waals surface area contributed by atoms with Gasteiger partial charge >= 0.3 is 0 Å². The van der Waals surface area contributed by atoms with E-state index in [4.69, 9.17) is 0 Å². The molecule has 0 aliphatic heterocycles. The second kappa shape index (κ2) is 2.56. The summed E-state index contributed by atoms with van der Waals surface area (Å²) in [4.78, 5) is 1.06. The number of aryl methyl sites for hydroxylation is 2. The monoisotopic (exact) mass is 177 g/mol. The van der Waals surface area contributed by atoms with Crippen molar-refractivity contribution in [3.05, 3.63) is 30.0 Å². The summed E-state index contributed by atoms with van der Waals surface area (Å²) < 4.78 is 2.10. The third kappa shape index (κ3) is 0.950. The molecule has 0 aliphatic carbocycles. The van der Waals surface area contributed by atoms with Crippen LogP contribution in [0.5, 0.6) is 0 Å². The SMILES string of the molecule is Cc1cccc2c1c(S)cn2C. The van der Waals surface area contributed by atoms with Gasteiger partial charge in [0.25, 0.3) is 0 Å². The van der Waals surface area contributed by atoms with Crippen LogP contribution in [0.25, 0.3) is 10.9 Å². The number of hydrogen-bond acceptors (Lipinski definition) is 1. The highest BCUT2D eigenvalue weighted by Crippen LogP contribution is 2.26. The van der Waals surface area contributed by atoms with Crippen LogP contribution in [0.1, 0.15) is 5.56 Å². The predicted molar refractivity (Wildman–Crippen MR) is 54.9 cm³/mol. The minimum Gasteiger partial charge on any atom is -0.349 e. The van der Waals surface area contributed by atoms with E-state index < -0.39 is 0 Å². The van der Waals surface area contributed by atoms with Crippen LogP contribution in [-0.2, 0) is 7.05 Å². The standard InChI is InChI=1S/C10H11NS/c1-7-4-3-5-8-10(7)9(12)6-11(8)2/h3-6,12H,1-2H3. The predicted octanol–water partition coefficient (Wildman–Crippen LogP) is 2.78. The maximum Gasteiger partial charge on any atom is 0.0491 e. The number of rotatable bonds is 0. The number of thiol groups is 1. The first kappa shape index (κ1) is 7.74. The third-order valence-corrected chi connectivity index (χ3v) is 2.54. The van der Waals surface area contributed by atoms with Crippen molar-refractivity contribution in [3.8, 4) is 0 Å². The van der Waals surface area contributed by atoms with Crippen molar-refractivity contribution in [3.63, 3.8) is 0 Å².